The van der Waals surface area contributed by atoms with E-state index >= 15 is 0 Å². The maximum atomic E-state index is 13.2. The smallest absolute Gasteiger partial charge is 0.274 e. The molecule has 3 aromatic rings. The van der Waals surface area contributed by atoms with Crippen molar-refractivity contribution < 1.29 is 14.0 Å². The summed E-state index contributed by atoms with van der Waals surface area (Å²) in [5.41, 5.74) is 3.54. The Morgan fingerprint density at radius 2 is 1.59 bits per heavy atom. The minimum atomic E-state index is -0.526. The Morgan fingerprint density at radius 3 is 2.33 bits per heavy atom. The predicted molar refractivity (Wildman–Crippen MR) is 102 cm³/mol. The Labute approximate surface area is 156 Å². The summed E-state index contributed by atoms with van der Waals surface area (Å²) in [5.74, 6) is -1.33. The molecule has 0 atom stereocenters. The molecule has 0 aliphatic rings. The molecule has 0 unspecified atom stereocenters. The van der Waals surface area contributed by atoms with Crippen molar-refractivity contribution in [1.82, 2.24) is 4.98 Å². The summed E-state index contributed by atoms with van der Waals surface area (Å²) < 4.78 is 13.2. The molecule has 6 heteroatoms. The number of amides is 2. The molecular formula is C21H18FN3O2. The molecule has 136 valence electrons. The first-order valence-electron chi connectivity index (χ1n) is 8.34. The average molecular weight is 363 g/mol. The van der Waals surface area contributed by atoms with E-state index in [9.17, 15) is 14.0 Å². The summed E-state index contributed by atoms with van der Waals surface area (Å²) in [6, 6.07) is 14.1. The van der Waals surface area contributed by atoms with Gasteiger partial charge in [-0.2, -0.15) is 0 Å². The number of carbonyl (C=O) groups is 2. The summed E-state index contributed by atoms with van der Waals surface area (Å²) in [7, 11) is 0. The molecule has 2 amide bonds. The number of halogens is 1. The molecule has 2 aromatic carbocycles. The van der Waals surface area contributed by atoms with E-state index in [0.717, 1.165) is 11.1 Å². The third-order valence-corrected chi connectivity index (χ3v) is 4.10. The third kappa shape index (κ3) is 4.55. The number of nitrogens with one attached hydrogen (secondary N) is 2. The molecule has 3 rings (SSSR count). The van der Waals surface area contributed by atoms with Crippen LogP contribution in [-0.2, 0) is 0 Å². The highest BCUT2D eigenvalue weighted by atomic mass is 19.1. The zero-order valence-corrected chi connectivity index (χ0v) is 14.9. The van der Waals surface area contributed by atoms with E-state index in [1.165, 1.54) is 36.5 Å². The van der Waals surface area contributed by atoms with E-state index in [0.29, 0.717) is 16.9 Å². The molecule has 0 saturated carbocycles. The summed E-state index contributed by atoms with van der Waals surface area (Å²) in [6.07, 6.45) is 1.38. The molecule has 0 radical (unpaired) electrons. The number of anilines is 2. The molecule has 0 saturated heterocycles. The number of hydrogen-bond donors (Lipinski definition) is 2. The molecule has 27 heavy (non-hydrogen) atoms. The van der Waals surface area contributed by atoms with E-state index in [4.69, 9.17) is 0 Å². The number of benzene rings is 2. The van der Waals surface area contributed by atoms with Crippen molar-refractivity contribution in [3.8, 4) is 0 Å². The van der Waals surface area contributed by atoms with E-state index in [2.05, 4.69) is 15.6 Å². The number of nitrogens with zero attached hydrogens (tertiary/aromatic N) is 1. The van der Waals surface area contributed by atoms with Gasteiger partial charge in [-0.1, -0.05) is 12.1 Å². The Balaban J connectivity index is 1.75. The van der Waals surface area contributed by atoms with Gasteiger partial charge in [0.05, 0.1) is 0 Å². The molecule has 1 heterocycles. The number of pyridine rings is 1. The van der Waals surface area contributed by atoms with Crippen molar-refractivity contribution in [3.63, 3.8) is 0 Å². The Kier molecular flexibility index (Phi) is 5.26. The van der Waals surface area contributed by atoms with Gasteiger partial charge in [0.15, 0.2) is 0 Å². The van der Waals surface area contributed by atoms with Crippen molar-refractivity contribution in [2.24, 2.45) is 0 Å². The largest absolute Gasteiger partial charge is 0.322 e. The number of aryl methyl sites for hydroxylation is 2. The van der Waals surface area contributed by atoms with E-state index in [1.54, 1.807) is 6.07 Å². The second-order valence-corrected chi connectivity index (χ2v) is 6.15. The van der Waals surface area contributed by atoms with Gasteiger partial charge in [-0.3, -0.25) is 14.6 Å². The van der Waals surface area contributed by atoms with E-state index in [-0.39, 0.29) is 11.6 Å². The topological polar surface area (TPSA) is 71.1 Å². The number of aromatic nitrogens is 1. The van der Waals surface area contributed by atoms with Crippen molar-refractivity contribution in [2.45, 2.75) is 13.8 Å². The summed E-state index contributed by atoms with van der Waals surface area (Å²) in [6.45, 7) is 3.96. The van der Waals surface area contributed by atoms with Gasteiger partial charge in [-0.15, -0.1) is 0 Å². The van der Waals surface area contributed by atoms with Crippen LogP contribution in [0.1, 0.15) is 32.0 Å². The van der Waals surface area contributed by atoms with Gasteiger partial charge in [-0.25, -0.2) is 4.39 Å². The van der Waals surface area contributed by atoms with Gasteiger partial charge in [-0.05, 0) is 67.4 Å². The highest BCUT2D eigenvalue weighted by Gasteiger charge is 2.13. The zero-order valence-electron chi connectivity index (χ0n) is 14.9. The van der Waals surface area contributed by atoms with Crippen LogP contribution in [0, 0.1) is 19.7 Å². The van der Waals surface area contributed by atoms with Gasteiger partial charge >= 0.3 is 0 Å². The maximum Gasteiger partial charge on any atom is 0.274 e. The predicted octanol–water partition coefficient (Wildman–Crippen LogP) is 4.34. The number of rotatable bonds is 4. The van der Waals surface area contributed by atoms with Gasteiger partial charge in [0.1, 0.15) is 11.5 Å². The van der Waals surface area contributed by atoms with E-state index in [1.807, 2.05) is 32.0 Å². The number of carbonyl (C=O) groups excluding carboxylic acids is 2. The van der Waals surface area contributed by atoms with E-state index < -0.39 is 11.7 Å². The lowest BCUT2D eigenvalue weighted by Gasteiger charge is -2.09. The van der Waals surface area contributed by atoms with Crippen LogP contribution in [0.2, 0.25) is 0 Å². The van der Waals surface area contributed by atoms with Crippen LogP contribution >= 0.6 is 0 Å². The first kappa shape index (κ1) is 18.3. The minimum Gasteiger partial charge on any atom is -0.322 e. The normalized spacial score (nSPS) is 10.3. The molecule has 0 spiro atoms. The molecule has 2 N–H and O–H groups in total. The van der Waals surface area contributed by atoms with Crippen LogP contribution < -0.4 is 10.6 Å². The van der Waals surface area contributed by atoms with Crippen LogP contribution in [0.3, 0.4) is 0 Å². The lowest BCUT2D eigenvalue weighted by atomic mass is 10.1. The van der Waals surface area contributed by atoms with Crippen molar-refractivity contribution in [2.75, 3.05) is 10.6 Å². The Bertz CT molecular complexity index is 1020. The molecule has 1 aromatic heterocycles. The maximum absolute atomic E-state index is 13.2. The second-order valence-electron chi connectivity index (χ2n) is 6.15. The quantitative estimate of drug-likeness (QED) is 0.724. The lowest BCUT2D eigenvalue weighted by molar-refractivity contribution is 0.102. The second kappa shape index (κ2) is 7.78. The van der Waals surface area contributed by atoms with Crippen LogP contribution in [0.4, 0.5) is 15.8 Å². The standard InChI is InChI=1S/C21H18FN3O2/c1-13-6-7-18(10-14(13)2)24-20(26)15-8-9-23-19(11-15)21(27)25-17-5-3-4-16(22)12-17/h3-12H,1-2H3,(H,24,26)(H,25,27). The molecule has 0 bridgehead atoms. The number of hydrogen-bond acceptors (Lipinski definition) is 3. The molecule has 0 aliphatic heterocycles. The first-order valence-corrected chi connectivity index (χ1v) is 8.34. The van der Waals surface area contributed by atoms with Crippen molar-refractivity contribution >= 4 is 23.2 Å². The fourth-order valence-corrected chi connectivity index (χ4v) is 2.48. The van der Waals surface area contributed by atoms with Gasteiger partial charge in [0, 0.05) is 23.1 Å². The molecule has 0 aliphatic carbocycles. The highest BCUT2D eigenvalue weighted by Crippen LogP contribution is 2.16. The van der Waals surface area contributed by atoms with Crippen LogP contribution in [0.15, 0.2) is 60.8 Å². The van der Waals surface area contributed by atoms with Gasteiger partial charge in [0.2, 0.25) is 0 Å². The van der Waals surface area contributed by atoms with Crippen LogP contribution in [-0.4, -0.2) is 16.8 Å². The van der Waals surface area contributed by atoms with Crippen LogP contribution in [0.5, 0.6) is 0 Å². The SMILES string of the molecule is Cc1ccc(NC(=O)c2ccnc(C(=O)Nc3cccc(F)c3)c2)cc1C. The van der Waals surface area contributed by atoms with Gasteiger partial charge < -0.3 is 10.6 Å². The monoisotopic (exact) mass is 363 g/mol. The summed E-state index contributed by atoms with van der Waals surface area (Å²) in [5, 5.41) is 5.36. The van der Waals surface area contributed by atoms with Crippen molar-refractivity contribution in [1.29, 1.82) is 0 Å². The third-order valence-electron chi connectivity index (χ3n) is 4.10. The van der Waals surface area contributed by atoms with Crippen molar-refractivity contribution in [3.05, 3.63) is 89.0 Å². The zero-order chi connectivity index (χ0) is 19.4. The Morgan fingerprint density at radius 1 is 0.852 bits per heavy atom. The fraction of sp³-hybridized carbons (Fsp3) is 0.0952. The Hall–Kier alpha value is -3.54. The summed E-state index contributed by atoms with van der Waals surface area (Å²) in [4.78, 5) is 28.8. The van der Waals surface area contributed by atoms with Gasteiger partial charge in [0.25, 0.3) is 11.8 Å². The average Bonchev–Trinajstić information content (AvgIpc) is 2.65. The molecule has 0 fully saturated rings. The fourth-order valence-electron chi connectivity index (χ4n) is 2.48. The summed E-state index contributed by atoms with van der Waals surface area (Å²) >= 11 is 0. The minimum absolute atomic E-state index is 0.0620. The molecular weight excluding hydrogens is 345 g/mol. The highest BCUT2D eigenvalue weighted by molar-refractivity contribution is 6.07. The lowest BCUT2D eigenvalue weighted by Crippen LogP contribution is -2.17. The van der Waals surface area contributed by atoms with Crippen LogP contribution in [0.25, 0.3) is 0 Å². The first-order chi connectivity index (χ1) is 12.9. The molecule has 5 nitrogen and oxygen atoms in total.